The van der Waals surface area contributed by atoms with Crippen LogP contribution in [0.15, 0.2) is 97.2 Å². The lowest BCUT2D eigenvalue weighted by Crippen LogP contribution is -2.30. The van der Waals surface area contributed by atoms with Crippen LogP contribution in [0.1, 0.15) is 335 Å². The van der Waals surface area contributed by atoms with Gasteiger partial charge in [0.1, 0.15) is 13.2 Å². The highest BCUT2D eigenvalue weighted by molar-refractivity contribution is 5.71. The van der Waals surface area contributed by atoms with E-state index in [9.17, 15) is 14.4 Å². The highest BCUT2D eigenvalue weighted by Gasteiger charge is 2.19. The molecule has 0 aromatic carbocycles. The van der Waals surface area contributed by atoms with Crippen molar-refractivity contribution in [2.24, 2.45) is 0 Å². The molecule has 0 saturated carbocycles. The molecular weight excluding hydrogens is 985 g/mol. The van der Waals surface area contributed by atoms with Gasteiger partial charge in [-0.25, -0.2) is 0 Å². The Morgan fingerprint density at radius 1 is 0.263 bits per heavy atom. The van der Waals surface area contributed by atoms with Crippen LogP contribution >= 0.6 is 0 Å². The SMILES string of the molecule is CC/C=C\C/C=C\C/C=C\C/C=C\CCCCCCCCCCCCCCC(=O)OCC(COC(=O)CC/C=C\C/C=C\C/C=C\C/C=C\CC)OC(=O)CCCCCCCCCCCCCCCCCCCCCCCCCC. The smallest absolute Gasteiger partial charge is 0.306 e. The predicted octanol–water partition coefficient (Wildman–Crippen LogP) is 23.6. The zero-order chi connectivity index (χ0) is 57.8. The molecule has 1 atom stereocenters. The Labute approximate surface area is 496 Å². The maximum atomic E-state index is 12.9. The number of allylic oxidation sites excluding steroid dienone is 16. The van der Waals surface area contributed by atoms with Crippen LogP contribution in [-0.2, 0) is 28.6 Å². The Bertz CT molecular complexity index is 1560. The van der Waals surface area contributed by atoms with E-state index in [2.05, 4.69) is 112 Å². The zero-order valence-corrected chi connectivity index (χ0v) is 52.8. The van der Waals surface area contributed by atoms with E-state index in [1.54, 1.807) is 0 Å². The minimum atomic E-state index is -0.807. The van der Waals surface area contributed by atoms with Crippen molar-refractivity contribution < 1.29 is 28.6 Å². The highest BCUT2D eigenvalue weighted by Crippen LogP contribution is 2.18. The zero-order valence-electron chi connectivity index (χ0n) is 52.8. The third-order valence-electron chi connectivity index (χ3n) is 14.8. The normalized spacial score (nSPS) is 12.7. The van der Waals surface area contributed by atoms with Gasteiger partial charge in [-0.15, -0.1) is 0 Å². The number of esters is 3. The molecule has 0 amide bonds. The molecule has 0 rings (SSSR count). The van der Waals surface area contributed by atoms with Gasteiger partial charge >= 0.3 is 17.9 Å². The standard InChI is InChI=1S/C74H128O6/c1-4-7-10-13-16-19-22-25-27-29-31-33-35-37-39-40-42-44-46-49-52-55-58-61-64-67-73(76)79-70-71(69-78-72(75)66-63-60-57-54-51-48-24-21-18-15-12-9-6-3)80-74(77)68-65-62-59-56-53-50-47-45-43-41-38-36-34-32-30-28-26-23-20-17-14-11-8-5-2/h7,9-10,12,16,18-19,21,25,27,31,33,48,51,57,60,71H,4-6,8,11,13-15,17,20,22-24,26,28-30,32,34-47,49-50,52-56,58-59,61-70H2,1-3H3/b10-7-,12-9-,19-16-,21-18-,27-25-,33-31-,51-48-,60-57-. The van der Waals surface area contributed by atoms with Crippen molar-refractivity contribution >= 4 is 17.9 Å². The fourth-order valence-corrected chi connectivity index (χ4v) is 9.80. The van der Waals surface area contributed by atoms with Gasteiger partial charge in [0.05, 0.1) is 0 Å². The summed E-state index contributed by atoms with van der Waals surface area (Å²) in [7, 11) is 0. The van der Waals surface area contributed by atoms with Crippen molar-refractivity contribution in [1.29, 1.82) is 0 Å². The van der Waals surface area contributed by atoms with E-state index in [0.717, 1.165) is 89.9 Å². The van der Waals surface area contributed by atoms with Crippen molar-refractivity contribution in [3.05, 3.63) is 97.2 Å². The Balaban J connectivity index is 4.30. The van der Waals surface area contributed by atoms with Crippen molar-refractivity contribution in [3.8, 4) is 0 Å². The van der Waals surface area contributed by atoms with Crippen LogP contribution in [0.2, 0.25) is 0 Å². The van der Waals surface area contributed by atoms with Gasteiger partial charge in [-0.3, -0.25) is 14.4 Å². The lowest BCUT2D eigenvalue weighted by atomic mass is 10.0. The fraction of sp³-hybridized carbons (Fsp3) is 0.743. The second kappa shape index (κ2) is 67.8. The van der Waals surface area contributed by atoms with Gasteiger partial charge in [-0.1, -0.05) is 330 Å². The minimum Gasteiger partial charge on any atom is -0.462 e. The molecule has 0 bridgehead atoms. The highest BCUT2D eigenvalue weighted by atomic mass is 16.6. The molecule has 0 spiro atoms. The van der Waals surface area contributed by atoms with Crippen LogP contribution in [0.25, 0.3) is 0 Å². The molecule has 0 N–H and O–H groups in total. The van der Waals surface area contributed by atoms with E-state index in [-0.39, 0.29) is 37.5 Å². The molecule has 6 nitrogen and oxygen atoms in total. The first-order chi connectivity index (χ1) is 39.5. The second-order valence-electron chi connectivity index (χ2n) is 22.7. The molecule has 0 aliphatic carbocycles. The van der Waals surface area contributed by atoms with Crippen molar-refractivity contribution in [3.63, 3.8) is 0 Å². The van der Waals surface area contributed by atoms with E-state index >= 15 is 0 Å². The summed E-state index contributed by atoms with van der Waals surface area (Å²) in [6.45, 7) is 6.39. The van der Waals surface area contributed by atoms with Gasteiger partial charge in [0, 0.05) is 19.3 Å². The molecule has 0 aromatic rings. The lowest BCUT2D eigenvalue weighted by molar-refractivity contribution is -0.166. The molecule has 0 fully saturated rings. The number of hydrogen-bond acceptors (Lipinski definition) is 6. The second-order valence-corrected chi connectivity index (χ2v) is 22.7. The minimum absolute atomic E-state index is 0.0978. The number of rotatable bonds is 62. The average Bonchev–Trinajstić information content (AvgIpc) is 3.46. The summed E-state index contributed by atoms with van der Waals surface area (Å²) >= 11 is 0. The van der Waals surface area contributed by atoms with Crippen molar-refractivity contribution in [1.82, 2.24) is 0 Å². The molecule has 460 valence electrons. The summed E-state index contributed by atoms with van der Waals surface area (Å²) in [6.07, 6.45) is 91.7. The Kier molecular flexibility index (Phi) is 64.7. The summed E-state index contributed by atoms with van der Waals surface area (Å²) in [4.78, 5) is 38.3. The number of carbonyl (C=O) groups excluding carboxylic acids is 3. The molecule has 0 heterocycles. The van der Waals surface area contributed by atoms with Crippen LogP contribution in [-0.4, -0.2) is 37.2 Å². The van der Waals surface area contributed by atoms with E-state index in [1.807, 2.05) is 6.08 Å². The van der Waals surface area contributed by atoms with E-state index in [0.29, 0.717) is 19.3 Å². The van der Waals surface area contributed by atoms with Crippen molar-refractivity contribution in [2.45, 2.75) is 341 Å². The molecule has 0 radical (unpaired) electrons. The molecule has 6 heteroatoms. The van der Waals surface area contributed by atoms with Gasteiger partial charge in [0.2, 0.25) is 0 Å². The van der Waals surface area contributed by atoms with Crippen molar-refractivity contribution in [2.75, 3.05) is 13.2 Å². The molecule has 0 saturated heterocycles. The van der Waals surface area contributed by atoms with Crippen LogP contribution < -0.4 is 0 Å². The number of hydrogen-bond donors (Lipinski definition) is 0. The van der Waals surface area contributed by atoms with Crippen LogP contribution in [0.3, 0.4) is 0 Å². The first kappa shape index (κ1) is 76.3. The van der Waals surface area contributed by atoms with Gasteiger partial charge in [0.25, 0.3) is 0 Å². The molecular formula is C74H128O6. The van der Waals surface area contributed by atoms with Crippen LogP contribution in [0.4, 0.5) is 0 Å². The lowest BCUT2D eigenvalue weighted by Gasteiger charge is -2.18. The summed E-state index contributed by atoms with van der Waals surface area (Å²) in [5.41, 5.74) is 0. The third kappa shape index (κ3) is 65.1. The average molecular weight is 1110 g/mol. The first-order valence-electron chi connectivity index (χ1n) is 34.2. The van der Waals surface area contributed by atoms with E-state index in [1.165, 1.54) is 199 Å². The Morgan fingerprint density at radius 3 is 0.838 bits per heavy atom. The summed E-state index contributed by atoms with van der Waals surface area (Å²) in [5.74, 6) is -0.969. The fourth-order valence-electron chi connectivity index (χ4n) is 9.80. The number of carbonyl (C=O) groups is 3. The summed E-state index contributed by atoms with van der Waals surface area (Å²) in [5, 5.41) is 0. The quantitative estimate of drug-likeness (QED) is 0.0261. The van der Waals surface area contributed by atoms with Crippen LogP contribution in [0, 0.1) is 0 Å². The molecule has 80 heavy (non-hydrogen) atoms. The molecule has 0 aliphatic heterocycles. The molecule has 0 aliphatic rings. The van der Waals surface area contributed by atoms with Gasteiger partial charge in [0.15, 0.2) is 6.10 Å². The Morgan fingerprint density at radius 2 is 0.512 bits per heavy atom. The largest absolute Gasteiger partial charge is 0.462 e. The van der Waals surface area contributed by atoms with Gasteiger partial charge in [-0.2, -0.15) is 0 Å². The van der Waals surface area contributed by atoms with Gasteiger partial charge in [-0.05, 0) is 83.5 Å². The van der Waals surface area contributed by atoms with Crippen LogP contribution in [0.5, 0.6) is 0 Å². The first-order valence-corrected chi connectivity index (χ1v) is 34.2. The molecule has 1 unspecified atom stereocenters. The predicted molar refractivity (Wildman–Crippen MR) is 348 cm³/mol. The van der Waals surface area contributed by atoms with E-state index in [4.69, 9.17) is 14.2 Å². The summed E-state index contributed by atoms with van der Waals surface area (Å²) < 4.78 is 16.9. The number of unbranched alkanes of at least 4 members (excludes halogenated alkanes) is 35. The maximum Gasteiger partial charge on any atom is 0.306 e. The molecule has 0 aromatic heterocycles. The third-order valence-corrected chi connectivity index (χ3v) is 14.8. The van der Waals surface area contributed by atoms with E-state index < -0.39 is 6.10 Å². The number of ether oxygens (including phenoxy) is 3. The Hall–Kier alpha value is -3.67. The monoisotopic (exact) mass is 1110 g/mol. The summed E-state index contributed by atoms with van der Waals surface area (Å²) in [6, 6.07) is 0. The maximum absolute atomic E-state index is 12.9. The van der Waals surface area contributed by atoms with Gasteiger partial charge < -0.3 is 14.2 Å². The topological polar surface area (TPSA) is 78.9 Å².